The molecular formula is C16H19N3O2. The molecule has 0 radical (unpaired) electrons. The monoisotopic (exact) mass is 285 g/mol. The zero-order valence-corrected chi connectivity index (χ0v) is 12.0. The molecule has 0 spiro atoms. The maximum atomic E-state index is 12.4. The lowest BCUT2D eigenvalue weighted by molar-refractivity contribution is 0.0908. The minimum Gasteiger partial charge on any atom is -0.384 e. The molecule has 1 fully saturated rings. The second-order valence-electron chi connectivity index (χ2n) is 5.45. The first kappa shape index (κ1) is 13.8. The predicted molar refractivity (Wildman–Crippen MR) is 82.0 cm³/mol. The third-order valence-corrected chi connectivity index (χ3v) is 4.04. The number of nitrogens with one attached hydrogen (secondary N) is 1. The van der Waals surface area contributed by atoms with Crippen molar-refractivity contribution in [1.29, 1.82) is 0 Å². The van der Waals surface area contributed by atoms with E-state index in [1.54, 1.807) is 6.07 Å². The molecule has 2 unspecified atom stereocenters. The van der Waals surface area contributed by atoms with Gasteiger partial charge in [0.25, 0.3) is 5.91 Å². The van der Waals surface area contributed by atoms with Gasteiger partial charge in [-0.2, -0.15) is 0 Å². The van der Waals surface area contributed by atoms with Gasteiger partial charge in [-0.15, -0.1) is 0 Å². The average Bonchev–Trinajstić information content (AvgIpc) is 2.89. The van der Waals surface area contributed by atoms with Crippen LogP contribution in [0.15, 0.2) is 30.3 Å². The van der Waals surface area contributed by atoms with E-state index in [0.29, 0.717) is 23.8 Å². The fraction of sp³-hybridized carbons (Fsp3) is 0.375. The van der Waals surface area contributed by atoms with Crippen molar-refractivity contribution >= 4 is 22.6 Å². The number of anilines is 1. The van der Waals surface area contributed by atoms with Gasteiger partial charge in [0.05, 0.1) is 17.2 Å². The van der Waals surface area contributed by atoms with Gasteiger partial charge in [-0.1, -0.05) is 18.2 Å². The Morgan fingerprint density at radius 1 is 1.48 bits per heavy atom. The Bertz CT molecular complexity index is 672. The first-order chi connectivity index (χ1) is 10.1. The molecule has 2 atom stereocenters. The van der Waals surface area contributed by atoms with Crippen LogP contribution < -0.4 is 11.1 Å². The fourth-order valence-corrected chi connectivity index (χ4v) is 2.75. The largest absolute Gasteiger partial charge is 0.384 e. The molecule has 1 aliphatic rings. The number of carbonyl (C=O) groups excluding carboxylic acids is 1. The van der Waals surface area contributed by atoms with Crippen molar-refractivity contribution in [2.45, 2.75) is 19.4 Å². The van der Waals surface area contributed by atoms with E-state index in [2.05, 4.69) is 10.3 Å². The Morgan fingerprint density at radius 3 is 3.05 bits per heavy atom. The first-order valence-corrected chi connectivity index (χ1v) is 7.20. The summed E-state index contributed by atoms with van der Waals surface area (Å²) in [6.45, 7) is 3.44. The number of nitrogens with two attached hydrogens (primary N) is 1. The summed E-state index contributed by atoms with van der Waals surface area (Å²) in [5.74, 6) is 0.621. The van der Waals surface area contributed by atoms with Gasteiger partial charge < -0.3 is 15.8 Å². The van der Waals surface area contributed by atoms with Crippen molar-refractivity contribution in [1.82, 2.24) is 10.3 Å². The van der Waals surface area contributed by atoms with E-state index < -0.39 is 0 Å². The number of amides is 1. The molecule has 0 bridgehead atoms. The Balaban J connectivity index is 1.81. The third kappa shape index (κ3) is 2.83. The Hall–Kier alpha value is -2.14. The lowest BCUT2D eigenvalue weighted by Gasteiger charge is -2.15. The van der Waals surface area contributed by atoms with Crippen molar-refractivity contribution in [2.24, 2.45) is 5.92 Å². The summed E-state index contributed by atoms with van der Waals surface area (Å²) in [7, 11) is 0. The number of rotatable bonds is 3. The number of para-hydroxylation sites is 1. The van der Waals surface area contributed by atoms with Crippen LogP contribution in [-0.4, -0.2) is 30.1 Å². The molecule has 21 heavy (non-hydrogen) atoms. The van der Waals surface area contributed by atoms with Crippen LogP contribution in [0.25, 0.3) is 10.9 Å². The maximum Gasteiger partial charge on any atom is 0.252 e. The number of aromatic nitrogens is 1. The first-order valence-electron chi connectivity index (χ1n) is 7.20. The highest BCUT2D eigenvalue weighted by atomic mass is 16.5. The number of benzene rings is 1. The maximum absolute atomic E-state index is 12.4. The molecule has 2 heterocycles. The van der Waals surface area contributed by atoms with Gasteiger partial charge >= 0.3 is 0 Å². The number of hydrogen-bond donors (Lipinski definition) is 2. The Kier molecular flexibility index (Phi) is 3.75. The van der Waals surface area contributed by atoms with E-state index >= 15 is 0 Å². The van der Waals surface area contributed by atoms with E-state index in [0.717, 1.165) is 23.9 Å². The summed E-state index contributed by atoms with van der Waals surface area (Å²) < 4.78 is 5.51. The van der Waals surface area contributed by atoms with Crippen LogP contribution in [0.4, 0.5) is 5.82 Å². The summed E-state index contributed by atoms with van der Waals surface area (Å²) >= 11 is 0. The average molecular weight is 285 g/mol. The molecule has 3 N–H and O–H groups in total. The van der Waals surface area contributed by atoms with Gasteiger partial charge in [0.15, 0.2) is 0 Å². The normalized spacial score (nSPS) is 21.6. The van der Waals surface area contributed by atoms with Crippen LogP contribution in [-0.2, 0) is 4.74 Å². The molecule has 0 saturated carbocycles. The molecular weight excluding hydrogens is 266 g/mol. The second-order valence-corrected chi connectivity index (χ2v) is 5.45. The van der Waals surface area contributed by atoms with E-state index in [4.69, 9.17) is 10.5 Å². The summed E-state index contributed by atoms with van der Waals surface area (Å²) in [6.07, 6.45) is 1.19. The Morgan fingerprint density at radius 2 is 2.29 bits per heavy atom. The van der Waals surface area contributed by atoms with Crippen molar-refractivity contribution in [3.63, 3.8) is 0 Å². The topological polar surface area (TPSA) is 77.2 Å². The Labute approximate surface area is 123 Å². The number of nitrogen functional groups attached to an aromatic ring is 1. The van der Waals surface area contributed by atoms with Crippen molar-refractivity contribution < 1.29 is 9.53 Å². The summed E-state index contributed by atoms with van der Waals surface area (Å²) in [4.78, 5) is 16.7. The summed E-state index contributed by atoms with van der Waals surface area (Å²) in [6, 6.07) is 9.15. The van der Waals surface area contributed by atoms with E-state index in [1.807, 2.05) is 31.2 Å². The highest BCUT2D eigenvalue weighted by molar-refractivity contribution is 6.06. The van der Waals surface area contributed by atoms with Gasteiger partial charge in [-0.25, -0.2) is 4.98 Å². The lowest BCUT2D eigenvalue weighted by atomic mass is 10.0. The summed E-state index contributed by atoms with van der Waals surface area (Å²) in [5, 5.41) is 3.81. The molecule has 5 nitrogen and oxygen atoms in total. The SMILES string of the molecule is CC1OCCC1CNC(=O)c1cc(N)nc2ccccc12. The standard InChI is InChI=1S/C16H19N3O2/c1-10-11(6-7-21-10)9-18-16(20)13-8-15(17)19-14-5-3-2-4-12(13)14/h2-5,8,10-11H,6-7,9H2,1H3,(H2,17,19)(H,18,20). The third-order valence-electron chi connectivity index (χ3n) is 4.04. The molecule has 1 aromatic carbocycles. The number of ether oxygens (including phenoxy) is 1. The minimum absolute atomic E-state index is 0.112. The minimum atomic E-state index is -0.112. The zero-order valence-electron chi connectivity index (χ0n) is 12.0. The van der Waals surface area contributed by atoms with Crippen molar-refractivity contribution in [3.05, 3.63) is 35.9 Å². The quantitative estimate of drug-likeness (QED) is 0.904. The molecule has 1 amide bonds. The van der Waals surface area contributed by atoms with Crippen LogP contribution >= 0.6 is 0 Å². The molecule has 1 saturated heterocycles. The van der Waals surface area contributed by atoms with Gasteiger partial charge in [-0.3, -0.25) is 4.79 Å². The number of hydrogen-bond acceptors (Lipinski definition) is 4. The van der Waals surface area contributed by atoms with Gasteiger partial charge in [0.1, 0.15) is 5.82 Å². The van der Waals surface area contributed by atoms with E-state index in [-0.39, 0.29) is 12.0 Å². The highest BCUT2D eigenvalue weighted by Crippen LogP contribution is 2.21. The predicted octanol–water partition coefficient (Wildman–Crippen LogP) is 1.97. The summed E-state index contributed by atoms with van der Waals surface area (Å²) in [5.41, 5.74) is 7.10. The van der Waals surface area contributed by atoms with Crippen molar-refractivity contribution in [2.75, 3.05) is 18.9 Å². The number of carbonyl (C=O) groups is 1. The van der Waals surface area contributed by atoms with Crippen LogP contribution in [0.2, 0.25) is 0 Å². The lowest BCUT2D eigenvalue weighted by Crippen LogP contribution is -2.32. The van der Waals surface area contributed by atoms with Crippen LogP contribution in [0.3, 0.4) is 0 Å². The molecule has 2 aromatic rings. The molecule has 5 heteroatoms. The zero-order chi connectivity index (χ0) is 14.8. The molecule has 3 rings (SSSR count). The van der Waals surface area contributed by atoms with Gasteiger partial charge in [0, 0.05) is 24.5 Å². The molecule has 110 valence electrons. The van der Waals surface area contributed by atoms with Crippen LogP contribution in [0.5, 0.6) is 0 Å². The number of nitrogens with zero attached hydrogens (tertiary/aromatic N) is 1. The van der Waals surface area contributed by atoms with Gasteiger partial charge in [0.2, 0.25) is 0 Å². The van der Waals surface area contributed by atoms with Crippen LogP contribution in [0.1, 0.15) is 23.7 Å². The van der Waals surface area contributed by atoms with Gasteiger partial charge in [-0.05, 0) is 25.5 Å². The molecule has 1 aliphatic heterocycles. The second kappa shape index (κ2) is 5.69. The van der Waals surface area contributed by atoms with E-state index in [1.165, 1.54) is 0 Å². The fourth-order valence-electron chi connectivity index (χ4n) is 2.75. The van der Waals surface area contributed by atoms with Crippen LogP contribution in [0, 0.1) is 5.92 Å². The highest BCUT2D eigenvalue weighted by Gasteiger charge is 2.24. The number of pyridine rings is 1. The smallest absolute Gasteiger partial charge is 0.252 e. The molecule has 1 aromatic heterocycles. The molecule has 0 aliphatic carbocycles. The van der Waals surface area contributed by atoms with Crippen molar-refractivity contribution in [3.8, 4) is 0 Å². The number of fused-ring (bicyclic) bond motifs is 1. The van der Waals surface area contributed by atoms with E-state index in [9.17, 15) is 4.79 Å².